The van der Waals surface area contributed by atoms with Crippen LogP contribution in [0.1, 0.15) is 67.7 Å². The number of hydrogen-bond acceptors (Lipinski definition) is 5. The first-order valence-electron chi connectivity index (χ1n) is 12.9. The molecule has 0 aliphatic carbocycles. The predicted octanol–water partition coefficient (Wildman–Crippen LogP) is 5.39. The Morgan fingerprint density at radius 1 is 1.21 bits per heavy atom. The first-order valence-corrected chi connectivity index (χ1v) is 13.3. The maximum Gasteiger partial charge on any atom is 0.333 e. The van der Waals surface area contributed by atoms with E-state index in [1.54, 1.807) is 38.2 Å². The number of hydrogen-bond donors (Lipinski definition) is 3. The molecule has 210 valence electrons. The average Bonchev–Trinajstić information content (AvgIpc) is 2.82. The maximum absolute atomic E-state index is 12.7. The van der Waals surface area contributed by atoms with Gasteiger partial charge >= 0.3 is 5.97 Å². The van der Waals surface area contributed by atoms with Crippen LogP contribution in [0, 0.1) is 11.3 Å². The Morgan fingerprint density at radius 2 is 1.87 bits per heavy atom. The Bertz CT molecular complexity index is 1010. The fraction of sp³-hybridized carbons (Fsp3) is 0.500. The summed E-state index contributed by atoms with van der Waals surface area (Å²) in [6.45, 7) is 13.0. The molecule has 0 fully saturated rings. The summed E-state index contributed by atoms with van der Waals surface area (Å²) in [5, 5.41) is 16.0. The van der Waals surface area contributed by atoms with E-state index in [2.05, 4.69) is 10.6 Å². The van der Waals surface area contributed by atoms with Crippen molar-refractivity contribution in [1.29, 1.82) is 0 Å². The van der Waals surface area contributed by atoms with E-state index >= 15 is 0 Å². The van der Waals surface area contributed by atoms with Crippen LogP contribution in [0.4, 0.5) is 0 Å². The van der Waals surface area contributed by atoms with E-state index in [4.69, 9.17) is 16.3 Å². The third kappa shape index (κ3) is 13.1. The van der Waals surface area contributed by atoms with Crippen molar-refractivity contribution in [3.63, 3.8) is 0 Å². The minimum Gasteiger partial charge on any atom is -0.458 e. The third-order valence-corrected chi connectivity index (χ3v) is 6.06. The SMILES string of the molecule is CC1=CC[C@@H]([C@@H](C)/C=C(C)/C=C\C=C\C(=O)N[C@H](C(=O)N/C=C\C[C@@H](O)C/C=C(\C)Cl)C(C)(C)C)OC1=O. The van der Waals surface area contributed by atoms with Gasteiger partial charge in [-0.3, -0.25) is 9.59 Å². The quantitative estimate of drug-likeness (QED) is 0.173. The van der Waals surface area contributed by atoms with Crippen molar-refractivity contribution in [2.24, 2.45) is 11.3 Å². The molecular formula is C30H43ClN2O5. The summed E-state index contributed by atoms with van der Waals surface area (Å²) < 4.78 is 5.46. The Morgan fingerprint density at radius 3 is 2.47 bits per heavy atom. The number of esters is 1. The number of carbonyl (C=O) groups is 3. The predicted molar refractivity (Wildman–Crippen MR) is 153 cm³/mol. The van der Waals surface area contributed by atoms with Gasteiger partial charge in [0.1, 0.15) is 12.1 Å². The van der Waals surface area contributed by atoms with Gasteiger partial charge in [0.15, 0.2) is 0 Å². The van der Waals surface area contributed by atoms with Crippen molar-refractivity contribution >= 4 is 29.4 Å². The highest BCUT2D eigenvalue weighted by atomic mass is 35.5. The number of carbonyl (C=O) groups excluding carboxylic acids is 3. The number of nitrogens with one attached hydrogen (secondary N) is 2. The molecular weight excluding hydrogens is 504 g/mol. The van der Waals surface area contributed by atoms with Crippen LogP contribution in [0.5, 0.6) is 0 Å². The largest absolute Gasteiger partial charge is 0.458 e. The van der Waals surface area contributed by atoms with Crippen LogP contribution in [0.25, 0.3) is 0 Å². The number of cyclic esters (lactones) is 1. The molecule has 0 aromatic carbocycles. The summed E-state index contributed by atoms with van der Waals surface area (Å²) in [5.41, 5.74) is 1.09. The molecule has 1 rings (SSSR count). The summed E-state index contributed by atoms with van der Waals surface area (Å²) >= 11 is 5.76. The number of allylic oxidation sites excluding steroid dienone is 5. The maximum atomic E-state index is 12.7. The normalized spacial score (nSPS) is 19.9. The molecule has 4 atom stereocenters. The Kier molecular flexibility index (Phi) is 14.1. The Labute approximate surface area is 232 Å². The van der Waals surface area contributed by atoms with Gasteiger partial charge in [-0.15, -0.1) is 0 Å². The lowest BCUT2D eigenvalue weighted by Gasteiger charge is -2.29. The number of rotatable bonds is 12. The highest BCUT2D eigenvalue weighted by Gasteiger charge is 2.31. The van der Waals surface area contributed by atoms with Gasteiger partial charge in [0.2, 0.25) is 11.8 Å². The smallest absolute Gasteiger partial charge is 0.333 e. The van der Waals surface area contributed by atoms with Gasteiger partial charge in [-0.1, -0.05) is 87.4 Å². The monoisotopic (exact) mass is 546 g/mol. The van der Waals surface area contributed by atoms with Crippen molar-refractivity contribution in [2.45, 2.75) is 86.0 Å². The van der Waals surface area contributed by atoms with Crippen molar-refractivity contribution in [3.8, 4) is 0 Å². The number of ether oxygens (including phenoxy) is 1. The molecule has 0 bridgehead atoms. The number of aliphatic hydroxyl groups is 1. The van der Waals surface area contributed by atoms with Gasteiger partial charge in [0, 0.05) is 29.0 Å². The molecule has 0 saturated heterocycles. The zero-order valence-electron chi connectivity index (χ0n) is 23.6. The first kappa shape index (κ1) is 33.1. The van der Waals surface area contributed by atoms with E-state index in [0.717, 1.165) is 5.57 Å². The second kappa shape index (κ2) is 16.1. The van der Waals surface area contributed by atoms with Gasteiger partial charge in [-0.05, 0) is 45.2 Å². The molecule has 0 unspecified atom stereocenters. The summed E-state index contributed by atoms with van der Waals surface area (Å²) in [6, 6.07) is -0.765. The van der Waals surface area contributed by atoms with E-state index in [9.17, 15) is 19.5 Å². The van der Waals surface area contributed by atoms with Crippen molar-refractivity contribution < 1.29 is 24.2 Å². The molecule has 8 heteroatoms. The molecule has 0 spiro atoms. The average molecular weight is 547 g/mol. The third-order valence-electron chi connectivity index (χ3n) is 5.90. The van der Waals surface area contributed by atoms with Gasteiger partial charge in [0.05, 0.1) is 6.10 Å². The van der Waals surface area contributed by atoms with Crippen LogP contribution >= 0.6 is 11.6 Å². The van der Waals surface area contributed by atoms with Crippen LogP contribution < -0.4 is 10.6 Å². The van der Waals surface area contributed by atoms with Crippen LogP contribution in [-0.2, 0) is 19.1 Å². The molecule has 3 N–H and O–H groups in total. The molecule has 7 nitrogen and oxygen atoms in total. The van der Waals surface area contributed by atoms with Crippen LogP contribution in [-0.4, -0.2) is 41.1 Å². The molecule has 0 saturated carbocycles. The van der Waals surface area contributed by atoms with Crippen molar-refractivity contribution in [2.75, 3.05) is 0 Å². The van der Waals surface area contributed by atoms with Gasteiger partial charge in [0.25, 0.3) is 0 Å². The second-order valence-corrected chi connectivity index (χ2v) is 11.3. The van der Waals surface area contributed by atoms with E-state index in [0.29, 0.717) is 29.9 Å². The standard InChI is InChI=1S/C30H43ClN2O5/c1-20(19-22(3)25-17-14-21(2)29(37)38-25)11-8-9-13-26(35)33-27(30(5,6)7)28(36)32-18-10-12-24(34)16-15-23(4)31/h8-11,13-15,18-19,22,24-25,27,34H,12,16-17H2,1-7H3,(H,32,36)(H,33,35)/b11-8-,13-9+,18-10-,20-19+,23-15+/t22-,24+,25-,27+/m0/s1. The zero-order chi connectivity index (χ0) is 28.9. The minimum atomic E-state index is -0.765. The molecule has 1 aliphatic heterocycles. The number of aliphatic hydroxyl groups excluding tert-OH is 1. The summed E-state index contributed by atoms with van der Waals surface area (Å²) in [4.78, 5) is 37.0. The number of amides is 2. The lowest BCUT2D eigenvalue weighted by Crippen LogP contribution is -2.52. The molecule has 0 aromatic rings. The lowest BCUT2D eigenvalue weighted by atomic mass is 9.86. The molecule has 1 aliphatic rings. The Hall–Kier alpha value is -2.90. The summed E-state index contributed by atoms with van der Waals surface area (Å²) in [6.07, 6.45) is 16.1. The number of halogens is 1. The van der Waals surface area contributed by atoms with Crippen molar-refractivity contribution in [1.82, 2.24) is 10.6 Å². The molecule has 0 radical (unpaired) electrons. The van der Waals surface area contributed by atoms with Gasteiger partial charge in [-0.2, -0.15) is 0 Å². The highest BCUT2D eigenvalue weighted by molar-refractivity contribution is 6.29. The van der Waals surface area contributed by atoms with Crippen LogP contribution in [0.2, 0.25) is 0 Å². The molecule has 0 aromatic heterocycles. The fourth-order valence-electron chi connectivity index (χ4n) is 3.61. The Balaban J connectivity index is 2.63. The van der Waals surface area contributed by atoms with E-state index in [-0.39, 0.29) is 23.9 Å². The summed E-state index contributed by atoms with van der Waals surface area (Å²) in [7, 11) is 0. The topological polar surface area (TPSA) is 105 Å². The van der Waals surface area contributed by atoms with Crippen LogP contribution in [0.3, 0.4) is 0 Å². The van der Waals surface area contributed by atoms with Crippen molar-refractivity contribution in [3.05, 3.63) is 71.0 Å². The highest BCUT2D eigenvalue weighted by Crippen LogP contribution is 2.22. The molecule has 1 heterocycles. The van der Waals surface area contributed by atoms with E-state index in [1.165, 1.54) is 12.3 Å². The first-order chi connectivity index (χ1) is 17.7. The fourth-order valence-corrected chi connectivity index (χ4v) is 3.70. The molecule has 2 amide bonds. The summed E-state index contributed by atoms with van der Waals surface area (Å²) in [5.74, 6) is -0.960. The lowest BCUT2D eigenvalue weighted by molar-refractivity contribution is -0.147. The van der Waals surface area contributed by atoms with E-state index < -0.39 is 23.5 Å². The van der Waals surface area contributed by atoms with E-state index in [1.807, 2.05) is 52.8 Å². The second-order valence-electron chi connectivity index (χ2n) is 10.7. The van der Waals surface area contributed by atoms with Crippen LogP contribution in [0.15, 0.2) is 71.0 Å². The van der Waals surface area contributed by atoms with Gasteiger partial charge < -0.3 is 20.5 Å². The minimum absolute atomic E-state index is 0.0512. The van der Waals surface area contributed by atoms with Gasteiger partial charge in [-0.25, -0.2) is 4.79 Å². The zero-order valence-corrected chi connectivity index (χ0v) is 24.3. The molecule has 38 heavy (non-hydrogen) atoms.